The molecule has 4 aromatic carbocycles. The summed E-state index contributed by atoms with van der Waals surface area (Å²) in [6.45, 7) is 8.98. The summed E-state index contributed by atoms with van der Waals surface area (Å²) in [6.07, 6.45) is 0. The van der Waals surface area contributed by atoms with Gasteiger partial charge in [0.2, 0.25) is 0 Å². The molecule has 0 unspecified atom stereocenters. The largest absolute Gasteiger partial charge is 0.355 e. The Hall–Kier alpha value is -2.94. The van der Waals surface area contributed by atoms with Gasteiger partial charge in [-0.15, -0.1) is 0 Å². The van der Waals surface area contributed by atoms with Crippen molar-refractivity contribution in [2.45, 2.75) is 50.1 Å². The first-order valence-corrected chi connectivity index (χ1v) is 11.5. The van der Waals surface area contributed by atoms with Crippen molar-refractivity contribution in [3.8, 4) is 22.3 Å². The lowest BCUT2D eigenvalue weighted by Gasteiger charge is -2.34. The number of rotatable bonds is 2. The third kappa shape index (κ3) is 1.87. The number of fused-ring (bicyclic) bond motifs is 7. The molecule has 2 saturated heterocycles. The van der Waals surface area contributed by atoms with E-state index in [0.29, 0.717) is 0 Å². The molecule has 158 valence electrons. The van der Waals surface area contributed by atoms with Crippen molar-refractivity contribution >= 4 is 10.8 Å². The molecule has 0 N–H and O–H groups in total. The van der Waals surface area contributed by atoms with E-state index in [0.717, 1.165) is 0 Å². The molecule has 2 aliphatic heterocycles. The molecule has 4 aromatic rings. The van der Waals surface area contributed by atoms with Crippen LogP contribution in [0.3, 0.4) is 0 Å². The van der Waals surface area contributed by atoms with Crippen LogP contribution in [0.4, 0.5) is 0 Å². The van der Waals surface area contributed by atoms with Crippen LogP contribution < -0.4 is 0 Å². The minimum atomic E-state index is -0.397. The van der Waals surface area contributed by atoms with Crippen LogP contribution in [0.15, 0.2) is 84.9 Å². The summed E-state index contributed by atoms with van der Waals surface area (Å²) in [5.41, 5.74) is 6.11. The molecule has 32 heavy (non-hydrogen) atoms. The van der Waals surface area contributed by atoms with Crippen molar-refractivity contribution in [2.24, 2.45) is 0 Å². The maximum absolute atomic E-state index is 6.68. The molecule has 1 aliphatic carbocycles. The first-order chi connectivity index (χ1) is 15.4. The van der Waals surface area contributed by atoms with Gasteiger partial charge >= 0.3 is 0 Å². The van der Waals surface area contributed by atoms with E-state index in [2.05, 4.69) is 113 Å². The topological polar surface area (TPSA) is 25.1 Å². The molecule has 0 saturated carbocycles. The average Bonchev–Trinajstić information content (AvgIpc) is 3.63. The van der Waals surface area contributed by atoms with Gasteiger partial charge in [0.05, 0.1) is 0 Å². The van der Waals surface area contributed by atoms with E-state index in [9.17, 15) is 0 Å². The van der Waals surface area contributed by atoms with E-state index < -0.39 is 11.2 Å². The molecule has 0 radical (unpaired) electrons. The van der Waals surface area contributed by atoms with Gasteiger partial charge in [0.25, 0.3) is 0 Å². The minimum Gasteiger partial charge on any atom is -0.355 e. The Morgan fingerprint density at radius 3 is 1.19 bits per heavy atom. The van der Waals surface area contributed by atoms with Gasteiger partial charge < -0.3 is 9.47 Å². The van der Waals surface area contributed by atoms with Crippen LogP contribution in [0.2, 0.25) is 0 Å². The first-order valence-electron chi connectivity index (χ1n) is 11.5. The number of benzene rings is 4. The van der Waals surface area contributed by atoms with Crippen LogP contribution in [-0.2, 0) is 20.7 Å². The molecule has 2 fully saturated rings. The summed E-state index contributed by atoms with van der Waals surface area (Å²) < 4.78 is 13.4. The molecule has 0 aromatic heterocycles. The summed E-state index contributed by atoms with van der Waals surface area (Å²) in [5.74, 6) is 0. The monoisotopic (exact) mass is 418 g/mol. The van der Waals surface area contributed by atoms with E-state index in [-0.39, 0.29) is 11.2 Å². The Labute approximate surface area is 188 Å². The SMILES string of the molecule is C[C@@]12O[C@]1(C)c1c(c(-c3ccccc3)c3ccccc3c1-c1ccccc1)[C@@]1(C)O[C@@]21C. The number of epoxide rings is 2. The van der Waals surface area contributed by atoms with Gasteiger partial charge in [-0.2, -0.15) is 0 Å². The molecule has 7 rings (SSSR count). The predicted molar refractivity (Wildman–Crippen MR) is 129 cm³/mol. The van der Waals surface area contributed by atoms with Crippen LogP contribution in [0.5, 0.6) is 0 Å². The van der Waals surface area contributed by atoms with Crippen LogP contribution in [-0.4, -0.2) is 11.2 Å². The Bertz CT molecular complexity index is 1320. The molecule has 2 nitrogen and oxygen atoms in total. The first kappa shape index (κ1) is 18.6. The van der Waals surface area contributed by atoms with Gasteiger partial charge in [0, 0.05) is 11.1 Å². The molecular weight excluding hydrogens is 392 g/mol. The Morgan fingerprint density at radius 2 is 0.812 bits per heavy atom. The third-order valence-electron chi connectivity index (χ3n) is 8.76. The second kappa shape index (κ2) is 5.51. The van der Waals surface area contributed by atoms with Crippen LogP contribution in [0.25, 0.3) is 33.0 Å². The maximum atomic E-state index is 6.68. The van der Waals surface area contributed by atoms with Crippen molar-refractivity contribution in [2.75, 3.05) is 0 Å². The van der Waals surface area contributed by atoms with Crippen molar-refractivity contribution in [1.82, 2.24) is 0 Å². The second-order valence-corrected chi connectivity index (χ2v) is 10.1. The predicted octanol–water partition coefficient (Wildman–Crippen LogP) is 7.20. The van der Waals surface area contributed by atoms with Gasteiger partial charge in [0.1, 0.15) is 22.4 Å². The standard InChI is InChI=1S/C30H26O2/c1-27-25-23(19-13-7-5-8-14-19)21-17-11-12-18-22(21)24(20-15-9-6-10-16-20)26(25)28(2)30(4,32-28)29(27,3)31-27/h5-18H,1-4H3/t27-,28-,29-,30-/m1/s1. The zero-order valence-electron chi connectivity index (χ0n) is 18.9. The third-order valence-corrected chi connectivity index (χ3v) is 8.76. The van der Waals surface area contributed by atoms with Crippen LogP contribution in [0.1, 0.15) is 38.8 Å². The van der Waals surface area contributed by atoms with Crippen LogP contribution >= 0.6 is 0 Å². The highest BCUT2D eigenvalue weighted by Crippen LogP contribution is 2.80. The zero-order valence-corrected chi connectivity index (χ0v) is 18.9. The molecule has 0 bridgehead atoms. The van der Waals surface area contributed by atoms with Gasteiger partial charge in [-0.1, -0.05) is 84.9 Å². The van der Waals surface area contributed by atoms with Crippen molar-refractivity contribution in [3.63, 3.8) is 0 Å². The van der Waals surface area contributed by atoms with E-state index in [1.54, 1.807) is 0 Å². The highest BCUT2D eigenvalue weighted by molar-refractivity contribution is 6.09. The molecule has 2 heteroatoms. The van der Waals surface area contributed by atoms with E-state index in [4.69, 9.17) is 9.47 Å². The van der Waals surface area contributed by atoms with E-state index in [1.165, 1.54) is 44.2 Å². The number of hydrogen-bond acceptors (Lipinski definition) is 2. The Kier molecular flexibility index (Phi) is 3.21. The summed E-state index contributed by atoms with van der Waals surface area (Å²) in [7, 11) is 0. The Morgan fingerprint density at radius 1 is 0.469 bits per heavy atom. The zero-order chi connectivity index (χ0) is 21.9. The molecule has 4 atom stereocenters. The average molecular weight is 419 g/mol. The fourth-order valence-corrected chi connectivity index (χ4v) is 6.65. The molecule has 0 spiro atoms. The summed E-state index contributed by atoms with van der Waals surface area (Å²) >= 11 is 0. The normalized spacial score (nSPS) is 33.9. The highest BCUT2D eigenvalue weighted by atomic mass is 16.7. The van der Waals surface area contributed by atoms with Crippen molar-refractivity contribution in [1.29, 1.82) is 0 Å². The van der Waals surface area contributed by atoms with Gasteiger partial charge in [0.15, 0.2) is 0 Å². The van der Waals surface area contributed by atoms with E-state index in [1.807, 2.05) is 0 Å². The fourth-order valence-electron chi connectivity index (χ4n) is 6.65. The lowest BCUT2D eigenvalue weighted by Crippen LogP contribution is -2.43. The van der Waals surface area contributed by atoms with Gasteiger partial charge in [-0.25, -0.2) is 0 Å². The van der Waals surface area contributed by atoms with E-state index >= 15 is 0 Å². The smallest absolute Gasteiger partial charge is 0.131 e. The van der Waals surface area contributed by atoms with Crippen LogP contribution in [0, 0.1) is 0 Å². The number of hydrogen-bond donors (Lipinski definition) is 0. The molecule has 3 aliphatic rings. The van der Waals surface area contributed by atoms with Crippen molar-refractivity contribution in [3.05, 3.63) is 96.1 Å². The Balaban J connectivity index is 1.74. The molecule has 2 heterocycles. The molecule has 0 amide bonds. The van der Waals surface area contributed by atoms with Crippen molar-refractivity contribution < 1.29 is 9.47 Å². The van der Waals surface area contributed by atoms with Gasteiger partial charge in [-0.05, 0) is 60.7 Å². The molecular formula is C30H26O2. The maximum Gasteiger partial charge on any atom is 0.131 e. The van der Waals surface area contributed by atoms with Gasteiger partial charge in [-0.3, -0.25) is 0 Å². The lowest BCUT2D eigenvalue weighted by molar-refractivity contribution is 0.177. The summed E-state index contributed by atoms with van der Waals surface area (Å²) in [5, 5.41) is 2.53. The fraction of sp³-hybridized carbons (Fsp3) is 0.267. The quantitative estimate of drug-likeness (QED) is 0.322. The second-order valence-electron chi connectivity index (χ2n) is 10.1. The highest BCUT2D eigenvalue weighted by Gasteiger charge is 2.90. The number of ether oxygens (including phenoxy) is 2. The lowest BCUT2D eigenvalue weighted by atomic mass is 9.62. The minimum absolute atomic E-state index is 0.346. The summed E-state index contributed by atoms with van der Waals surface area (Å²) in [4.78, 5) is 0. The summed E-state index contributed by atoms with van der Waals surface area (Å²) in [6, 6.07) is 30.4.